The molecule has 0 aliphatic rings. The van der Waals surface area contributed by atoms with E-state index < -0.39 is 11.8 Å². The second kappa shape index (κ2) is 10.9. The summed E-state index contributed by atoms with van der Waals surface area (Å²) in [5.41, 5.74) is 5.72. The number of benzene rings is 2. The van der Waals surface area contributed by atoms with E-state index in [0.29, 0.717) is 35.8 Å². The Kier molecular flexibility index (Phi) is 8.23. The van der Waals surface area contributed by atoms with Gasteiger partial charge in [-0.05, 0) is 55.9 Å². The summed E-state index contributed by atoms with van der Waals surface area (Å²) in [7, 11) is 0. The number of hydrogen-bond acceptors (Lipinski definition) is 5. The van der Waals surface area contributed by atoms with Crippen molar-refractivity contribution in [1.29, 1.82) is 0 Å². The van der Waals surface area contributed by atoms with Gasteiger partial charge >= 0.3 is 0 Å². The zero-order chi connectivity index (χ0) is 20.4. The van der Waals surface area contributed by atoms with E-state index in [0.717, 1.165) is 6.42 Å². The fourth-order valence-electron chi connectivity index (χ4n) is 2.27. The van der Waals surface area contributed by atoms with Gasteiger partial charge in [0.1, 0.15) is 11.5 Å². The third kappa shape index (κ3) is 6.24. The summed E-state index contributed by atoms with van der Waals surface area (Å²) in [6, 6.07) is 13.6. The molecule has 0 spiro atoms. The van der Waals surface area contributed by atoms with Gasteiger partial charge < -0.3 is 9.47 Å². The quantitative estimate of drug-likeness (QED) is 0.488. The van der Waals surface area contributed by atoms with E-state index in [9.17, 15) is 9.59 Å². The number of nitrogens with one attached hydrogen (secondary N) is 3. The van der Waals surface area contributed by atoms with E-state index >= 15 is 0 Å². The van der Waals surface area contributed by atoms with Crippen molar-refractivity contribution >= 4 is 29.1 Å². The number of carbonyl (C=O) groups is 2. The Hall–Kier alpha value is -3.13. The summed E-state index contributed by atoms with van der Waals surface area (Å²) < 4.78 is 10.9. The number of hydrazine groups is 1. The molecule has 3 N–H and O–H groups in total. The lowest BCUT2D eigenvalue weighted by Crippen LogP contribution is -2.48. The molecule has 0 atom stereocenters. The second-order valence-electron chi connectivity index (χ2n) is 5.67. The molecule has 0 aliphatic carbocycles. The Bertz CT molecular complexity index is 842. The molecular formula is C20H23N3O4S. The zero-order valence-electron chi connectivity index (χ0n) is 15.8. The van der Waals surface area contributed by atoms with Crippen molar-refractivity contribution in [3.8, 4) is 11.5 Å². The Balaban J connectivity index is 1.91. The first kappa shape index (κ1) is 21.2. The van der Waals surface area contributed by atoms with Crippen LogP contribution >= 0.6 is 12.2 Å². The van der Waals surface area contributed by atoms with Gasteiger partial charge in [-0.15, -0.1) is 0 Å². The fourth-order valence-corrected chi connectivity index (χ4v) is 2.42. The van der Waals surface area contributed by atoms with Crippen molar-refractivity contribution in [3.05, 3.63) is 59.7 Å². The van der Waals surface area contributed by atoms with Crippen LogP contribution in [0.1, 0.15) is 41.0 Å². The van der Waals surface area contributed by atoms with Crippen molar-refractivity contribution < 1.29 is 19.1 Å². The molecule has 0 heterocycles. The number of thiocarbonyl (C=S) groups is 1. The number of amides is 2. The minimum Gasteiger partial charge on any atom is -0.494 e. The van der Waals surface area contributed by atoms with Gasteiger partial charge in [0, 0.05) is 5.56 Å². The Morgan fingerprint density at radius 3 is 2.50 bits per heavy atom. The lowest BCUT2D eigenvalue weighted by Gasteiger charge is -2.13. The predicted molar refractivity (Wildman–Crippen MR) is 111 cm³/mol. The minimum absolute atomic E-state index is 0.0351. The number of carbonyl (C=O) groups excluding carboxylic acids is 2. The molecule has 0 fully saturated rings. The first-order valence-corrected chi connectivity index (χ1v) is 9.32. The molecule has 0 unspecified atom stereocenters. The summed E-state index contributed by atoms with van der Waals surface area (Å²) in [5.74, 6) is 0.221. The zero-order valence-corrected chi connectivity index (χ0v) is 16.6. The van der Waals surface area contributed by atoms with Crippen LogP contribution in [0.25, 0.3) is 0 Å². The SMILES string of the molecule is CCCOc1ccccc1C(=O)NNC(=S)NC(=O)c1cccc(OCC)c1. The van der Waals surface area contributed by atoms with Crippen LogP contribution in [-0.4, -0.2) is 30.1 Å². The molecule has 0 bridgehead atoms. The van der Waals surface area contributed by atoms with Crippen molar-refractivity contribution in [2.45, 2.75) is 20.3 Å². The third-order valence-electron chi connectivity index (χ3n) is 3.52. The summed E-state index contributed by atoms with van der Waals surface area (Å²) in [5, 5.41) is 2.47. The van der Waals surface area contributed by atoms with Gasteiger partial charge in [-0.3, -0.25) is 25.8 Å². The van der Waals surface area contributed by atoms with Gasteiger partial charge in [0.25, 0.3) is 11.8 Å². The highest BCUT2D eigenvalue weighted by atomic mass is 32.1. The average Bonchev–Trinajstić information content (AvgIpc) is 2.71. The van der Waals surface area contributed by atoms with Gasteiger partial charge in [0.05, 0.1) is 18.8 Å². The molecule has 7 nitrogen and oxygen atoms in total. The van der Waals surface area contributed by atoms with Crippen molar-refractivity contribution in [3.63, 3.8) is 0 Å². The Labute approximate surface area is 169 Å². The standard InChI is InChI=1S/C20H23N3O4S/c1-3-12-27-17-11-6-5-10-16(17)19(25)22-23-20(28)21-18(24)14-8-7-9-15(13-14)26-4-2/h5-11,13H,3-4,12H2,1-2H3,(H,22,25)(H2,21,23,24,28). The molecule has 2 aromatic carbocycles. The number of para-hydroxylation sites is 1. The summed E-state index contributed by atoms with van der Waals surface area (Å²) >= 11 is 5.07. The molecule has 148 valence electrons. The summed E-state index contributed by atoms with van der Waals surface area (Å²) in [4.78, 5) is 24.6. The van der Waals surface area contributed by atoms with Gasteiger partial charge in [-0.1, -0.05) is 25.1 Å². The molecule has 2 amide bonds. The Morgan fingerprint density at radius 1 is 0.964 bits per heavy atom. The van der Waals surface area contributed by atoms with Gasteiger partial charge in [0.2, 0.25) is 0 Å². The predicted octanol–water partition coefficient (Wildman–Crippen LogP) is 2.82. The Morgan fingerprint density at radius 2 is 1.75 bits per heavy atom. The smallest absolute Gasteiger partial charge is 0.273 e. The van der Waals surface area contributed by atoms with Gasteiger partial charge in [-0.25, -0.2) is 0 Å². The molecule has 0 aromatic heterocycles. The molecule has 28 heavy (non-hydrogen) atoms. The van der Waals surface area contributed by atoms with Crippen LogP contribution in [0.4, 0.5) is 0 Å². The molecule has 2 aromatic rings. The van der Waals surface area contributed by atoms with Crippen molar-refractivity contribution in [2.24, 2.45) is 0 Å². The van der Waals surface area contributed by atoms with Gasteiger partial charge in [-0.2, -0.15) is 0 Å². The number of ether oxygens (including phenoxy) is 2. The van der Waals surface area contributed by atoms with Crippen LogP contribution in [0.5, 0.6) is 11.5 Å². The van der Waals surface area contributed by atoms with Gasteiger partial charge in [0.15, 0.2) is 5.11 Å². The first-order chi connectivity index (χ1) is 13.5. The highest BCUT2D eigenvalue weighted by Gasteiger charge is 2.13. The van der Waals surface area contributed by atoms with Crippen LogP contribution in [0.3, 0.4) is 0 Å². The van der Waals surface area contributed by atoms with E-state index in [2.05, 4.69) is 16.2 Å². The second-order valence-corrected chi connectivity index (χ2v) is 6.08. The third-order valence-corrected chi connectivity index (χ3v) is 3.72. The van der Waals surface area contributed by atoms with E-state index in [4.69, 9.17) is 21.7 Å². The van der Waals surface area contributed by atoms with Crippen LogP contribution in [-0.2, 0) is 0 Å². The first-order valence-electron chi connectivity index (χ1n) is 8.91. The normalized spacial score (nSPS) is 9.93. The molecular weight excluding hydrogens is 378 g/mol. The molecule has 0 saturated heterocycles. The maximum atomic E-state index is 12.4. The summed E-state index contributed by atoms with van der Waals surface area (Å²) in [6.07, 6.45) is 0.828. The largest absolute Gasteiger partial charge is 0.494 e. The van der Waals surface area contributed by atoms with Crippen LogP contribution < -0.4 is 25.6 Å². The number of rotatable bonds is 7. The molecule has 0 radical (unpaired) electrons. The monoisotopic (exact) mass is 401 g/mol. The van der Waals surface area contributed by atoms with Crippen molar-refractivity contribution in [2.75, 3.05) is 13.2 Å². The lowest BCUT2D eigenvalue weighted by molar-refractivity contribution is 0.0931. The van der Waals surface area contributed by atoms with E-state index in [1.807, 2.05) is 13.8 Å². The number of hydrogen-bond donors (Lipinski definition) is 3. The molecule has 2 rings (SSSR count). The highest BCUT2D eigenvalue weighted by Crippen LogP contribution is 2.17. The molecule has 0 saturated carbocycles. The maximum absolute atomic E-state index is 12.4. The van der Waals surface area contributed by atoms with Crippen LogP contribution in [0, 0.1) is 0 Å². The van der Waals surface area contributed by atoms with Crippen LogP contribution in [0.2, 0.25) is 0 Å². The fraction of sp³-hybridized carbons (Fsp3) is 0.250. The highest BCUT2D eigenvalue weighted by molar-refractivity contribution is 7.80. The van der Waals surface area contributed by atoms with Crippen molar-refractivity contribution in [1.82, 2.24) is 16.2 Å². The summed E-state index contributed by atoms with van der Waals surface area (Å²) in [6.45, 7) is 4.85. The minimum atomic E-state index is -0.429. The molecule has 8 heteroatoms. The lowest BCUT2D eigenvalue weighted by atomic mass is 10.2. The maximum Gasteiger partial charge on any atom is 0.273 e. The average molecular weight is 401 g/mol. The van der Waals surface area contributed by atoms with E-state index in [1.165, 1.54) is 0 Å². The van der Waals surface area contributed by atoms with E-state index in [-0.39, 0.29) is 5.11 Å². The molecule has 0 aliphatic heterocycles. The van der Waals surface area contributed by atoms with E-state index in [1.54, 1.807) is 48.5 Å². The topological polar surface area (TPSA) is 88.7 Å². The van der Waals surface area contributed by atoms with Crippen LogP contribution in [0.15, 0.2) is 48.5 Å².